The number of hydrazine groups is 1. The molecular formula is C17H20N2O4S. The Balaban J connectivity index is 1.89. The second-order valence-corrected chi connectivity index (χ2v) is 7.26. The molecule has 0 saturated carbocycles. The topological polar surface area (TPSA) is 84.5 Å². The van der Waals surface area contributed by atoms with Crippen LogP contribution in [0.25, 0.3) is 0 Å². The highest BCUT2D eigenvalue weighted by Gasteiger charge is 2.15. The lowest BCUT2D eigenvalue weighted by atomic mass is 10.1. The van der Waals surface area contributed by atoms with Crippen LogP contribution in [-0.2, 0) is 14.8 Å². The van der Waals surface area contributed by atoms with Gasteiger partial charge in [0.2, 0.25) is 0 Å². The number of amides is 1. The van der Waals surface area contributed by atoms with E-state index in [2.05, 4.69) is 5.43 Å². The van der Waals surface area contributed by atoms with Gasteiger partial charge in [-0.15, -0.1) is 4.83 Å². The molecule has 24 heavy (non-hydrogen) atoms. The maximum atomic E-state index is 12.0. The number of nitrogens with one attached hydrogen (secondary N) is 2. The molecule has 0 aliphatic heterocycles. The molecule has 0 radical (unpaired) electrons. The van der Waals surface area contributed by atoms with Crippen LogP contribution in [0, 0.1) is 20.8 Å². The van der Waals surface area contributed by atoms with E-state index in [0.717, 1.165) is 16.7 Å². The van der Waals surface area contributed by atoms with Gasteiger partial charge < -0.3 is 4.74 Å². The minimum Gasteiger partial charge on any atom is -0.484 e. The van der Waals surface area contributed by atoms with E-state index in [1.165, 1.54) is 12.1 Å². The average Bonchev–Trinajstić information content (AvgIpc) is 2.50. The van der Waals surface area contributed by atoms with Gasteiger partial charge >= 0.3 is 0 Å². The highest BCUT2D eigenvalue weighted by Crippen LogP contribution is 2.16. The predicted molar refractivity (Wildman–Crippen MR) is 91.1 cm³/mol. The van der Waals surface area contributed by atoms with Crippen molar-refractivity contribution in [2.24, 2.45) is 0 Å². The summed E-state index contributed by atoms with van der Waals surface area (Å²) < 4.78 is 29.5. The van der Waals surface area contributed by atoms with Crippen molar-refractivity contribution in [2.75, 3.05) is 6.61 Å². The van der Waals surface area contributed by atoms with Crippen molar-refractivity contribution in [3.05, 3.63) is 59.2 Å². The van der Waals surface area contributed by atoms with Crippen LogP contribution in [0.2, 0.25) is 0 Å². The molecular weight excluding hydrogens is 328 g/mol. The van der Waals surface area contributed by atoms with Gasteiger partial charge in [0, 0.05) is 0 Å². The van der Waals surface area contributed by atoms with Gasteiger partial charge in [0.05, 0.1) is 4.90 Å². The van der Waals surface area contributed by atoms with E-state index in [4.69, 9.17) is 4.74 Å². The fraction of sp³-hybridized carbons (Fsp3) is 0.235. The smallest absolute Gasteiger partial charge is 0.272 e. The summed E-state index contributed by atoms with van der Waals surface area (Å²) in [5.74, 6) is -0.0334. The first-order valence-electron chi connectivity index (χ1n) is 7.35. The molecule has 0 aromatic heterocycles. The number of sulfonamides is 1. The zero-order valence-electron chi connectivity index (χ0n) is 13.8. The predicted octanol–water partition coefficient (Wildman–Crippen LogP) is 2.00. The van der Waals surface area contributed by atoms with E-state index in [1.54, 1.807) is 24.3 Å². The largest absolute Gasteiger partial charge is 0.484 e. The van der Waals surface area contributed by atoms with Crippen molar-refractivity contribution in [1.82, 2.24) is 10.3 Å². The first-order chi connectivity index (χ1) is 11.3. The van der Waals surface area contributed by atoms with Crippen molar-refractivity contribution < 1.29 is 17.9 Å². The summed E-state index contributed by atoms with van der Waals surface area (Å²) in [7, 11) is -3.81. The zero-order chi connectivity index (χ0) is 17.7. The molecule has 0 atom stereocenters. The van der Waals surface area contributed by atoms with E-state index in [0.29, 0.717) is 5.75 Å². The van der Waals surface area contributed by atoms with Gasteiger partial charge in [0.15, 0.2) is 6.61 Å². The fourth-order valence-corrected chi connectivity index (χ4v) is 2.96. The Morgan fingerprint density at radius 2 is 1.54 bits per heavy atom. The third-order valence-corrected chi connectivity index (χ3v) is 4.48. The number of aryl methyl sites for hydroxylation is 3. The molecule has 0 fully saturated rings. The van der Waals surface area contributed by atoms with Crippen LogP contribution in [0.15, 0.2) is 47.4 Å². The summed E-state index contributed by atoms with van der Waals surface area (Å²) in [5.41, 5.74) is 5.12. The van der Waals surface area contributed by atoms with Gasteiger partial charge in [-0.25, -0.2) is 8.42 Å². The summed E-state index contributed by atoms with van der Waals surface area (Å²) in [6.45, 7) is 5.42. The van der Waals surface area contributed by atoms with Gasteiger partial charge in [-0.2, -0.15) is 0 Å². The number of carbonyl (C=O) groups excluding carboxylic acids is 1. The van der Waals surface area contributed by atoms with Crippen LogP contribution >= 0.6 is 0 Å². The van der Waals surface area contributed by atoms with Crippen LogP contribution < -0.4 is 15.0 Å². The van der Waals surface area contributed by atoms with Gasteiger partial charge in [-0.3, -0.25) is 10.2 Å². The Kier molecular flexibility index (Phi) is 5.58. The number of ether oxygens (including phenoxy) is 1. The first-order valence-corrected chi connectivity index (χ1v) is 8.83. The molecule has 0 spiro atoms. The maximum absolute atomic E-state index is 12.0. The molecule has 0 unspecified atom stereocenters. The molecule has 6 nitrogen and oxygen atoms in total. The minimum atomic E-state index is -3.81. The van der Waals surface area contributed by atoms with Gasteiger partial charge in [-0.05, 0) is 56.2 Å². The third-order valence-electron chi connectivity index (χ3n) is 3.22. The second kappa shape index (κ2) is 7.46. The summed E-state index contributed by atoms with van der Waals surface area (Å²) >= 11 is 0. The van der Waals surface area contributed by atoms with Crippen LogP contribution in [0.5, 0.6) is 5.75 Å². The Labute approximate surface area is 141 Å². The van der Waals surface area contributed by atoms with Gasteiger partial charge in [0.25, 0.3) is 15.9 Å². The molecule has 0 saturated heterocycles. The highest BCUT2D eigenvalue weighted by molar-refractivity contribution is 7.89. The molecule has 1 amide bonds. The molecule has 128 valence electrons. The summed E-state index contributed by atoms with van der Waals surface area (Å²) in [6, 6.07) is 11.9. The summed E-state index contributed by atoms with van der Waals surface area (Å²) in [6.07, 6.45) is 0. The Hall–Kier alpha value is -2.38. The zero-order valence-corrected chi connectivity index (χ0v) is 14.6. The number of hydrogen-bond acceptors (Lipinski definition) is 4. The van der Waals surface area contributed by atoms with Crippen molar-refractivity contribution >= 4 is 15.9 Å². The molecule has 0 bridgehead atoms. The van der Waals surface area contributed by atoms with E-state index in [9.17, 15) is 13.2 Å². The average molecular weight is 348 g/mol. The molecule has 2 aromatic carbocycles. The SMILES string of the molecule is Cc1ccc(S(=O)(=O)NNC(=O)COc2cc(C)cc(C)c2)cc1. The van der Waals surface area contributed by atoms with Crippen molar-refractivity contribution in [1.29, 1.82) is 0 Å². The van der Waals surface area contributed by atoms with E-state index < -0.39 is 15.9 Å². The normalized spacial score (nSPS) is 11.1. The van der Waals surface area contributed by atoms with Crippen molar-refractivity contribution in [2.45, 2.75) is 25.7 Å². The van der Waals surface area contributed by atoms with Crippen LogP contribution in [0.4, 0.5) is 0 Å². The van der Waals surface area contributed by atoms with Gasteiger partial charge in [0.1, 0.15) is 5.75 Å². The molecule has 2 N–H and O–H groups in total. The molecule has 2 rings (SSSR count). The maximum Gasteiger partial charge on any atom is 0.272 e. The molecule has 0 aliphatic rings. The number of carbonyl (C=O) groups is 1. The standard InChI is InChI=1S/C17H20N2O4S/c1-12-4-6-16(7-5-12)24(21,22)19-18-17(20)11-23-15-9-13(2)8-14(3)10-15/h4-10,19H,11H2,1-3H3,(H,18,20). The number of hydrogen-bond donors (Lipinski definition) is 2. The van der Waals surface area contributed by atoms with Crippen LogP contribution in [-0.4, -0.2) is 20.9 Å². The Bertz CT molecular complexity index is 810. The van der Waals surface area contributed by atoms with Crippen LogP contribution in [0.1, 0.15) is 16.7 Å². The molecule has 2 aromatic rings. The Morgan fingerprint density at radius 3 is 2.12 bits per heavy atom. The summed E-state index contributed by atoms with van der Waals surface area (Å²) in [5, 5.41) is 0. The highest BCUT2D eigenvalue weighted by atomic mass is 32.2. The van der Waals surface area contributed by atoms with Crippen molar-refractivity contribution in [3.63, 3.8) is 0 Å². The monoisotopic (exact) mass is 348 g/mol. The first kappa shape index (κ1) is 18.0. The lowest BCUT2D eigenvalue weighted by Crippen LogP contribution is -2.43. The molecule has 7 heteroatoms. The van der Waals surface area contributed by atoms with E-state index in [-0.39, 0.29) is 11.5 Å². The fourth-order valence-electron chi connectivity index (χ4n) is 2.10. The molecule has 0 aliphatic carbocycles. The third kappa shape index (κ3) is 5.07. The summed E-state index contributed by atoms with van der Waals surface area (Å²) in [4.78, 5) is 13.9. The lowest BCUT2D eigenvalue weighted by molar-refractivity contribution is -0.123. The van der Waals surface area contributed by atoms with E-state index >= 15 is 0 Å². The van der Waals surface area contributed by atoms with E-state index in [1.807, 2.05) is 31.7 Å². The van der Waals surface area contributed by atoms with Crippen LogP contribution in [0.3, 0.4) is 0 Å². The molecule has 0 heterocycles. The quantitative estimate of drug-likeness (QED) is 0.782. The Morgan fingerprint density at radius 1 is 0.958 bits per heavy atom. The number of rotatable bonds is 6. The second-order valence-electron chi connectivity index (χ2n) is 5.58. The lowest BCUT2D eigenvalue weighted by Gasteiger charge is -2.10. The van der Waals surface area contributed by atoms with Gasteiger partial charge in [-0.1, -0.05) is 23.8 Å². The minimum absolute atomic E-state index is 0.0728. The number of benzene rings is 2. The van der Waals surface area contributed by atoms with Crippen molar-refractivity contribution in [3.8, 4) is 5.75 Å².